The predicted octanol–water partition coefficient (Wildman–Crippen LogP) is 12.9. The number of hydrogen-bond acceptors (Lipinski definition) is 3. The van der Waals surface area contributed by atoms with Crippen LogP contribution >= 0.6 is 0 Å². The van der Waals surface area contributed by atoms with E-state index in [1.54, 1.807) is 0 Å². The van der Waals surface area contributed by atoms with E-state index in [2.05, 4.69) is 157 Å². The molecule has 2 heterocycles. The van der Waals surface area contributed by atoms with E-state index < -0.39 is 0 Å². The Labute approximate surface area is 270 Å². The third-order valence-corrected chi connectivity index (χ3v) is 9.42. The lowest BCUT2D eigenvalue weighted by Gasteiger charge is -2.26. The fourth-order valence-corrected chi connectivity index (χ4v) is 7.14. The number of hydrogen-bond donors (Lipinski definition) is 0. The van der Waals surface area contributed by atoms with Crippen LogP contribution in [0.5, 0.6) is 0 Å². The van der Waals surface area contributed by atoms with Gasteiger partial charge in [0.15, 0.2) is 0 Å². The Hall–Kier alpha value is -6.32. The second-order valence-electron chi connectivity index (χ2n) is 12.2. The van der Waals surface area contributed by atoms with Crippen LogP contribution in [0.4, 0.5) is 17.1 Å². The number of fused-ring (bicyclic) bond motifs is 9. The number of anilines is 3. The molecule has 10 rings (SSSR count). The van der Waals surface area contributed by atoms with Gasteiger partial charge in [-0.1, -0.05) is 97.1 Å². The summed E-state index contributed by atoms with van der Waals surface area (Å²) in [5.74, 6) is 0. The Morgan fingerprint density at radius 1 is 0.319 bits per heavy atom. The Bertz CT molecular complexity index is 2790. The molecule has 3 nitrogen and oxygen atoms in total. The normalized spacial score (nSPS) is 11.8. The number of para-hydroxylation sites is 1. The van der Waals surface area contributed by atoms with E-state index in [0.29, 0.717) is 0 Å². The van der Waals surface area contributed by atoms with Gasteiger partial charge < -0.3 is 13.7 Å². The first-order chi connectivity index (χ1) is 23.3. The number of nitrogens with zero attached hydrogens (tertiary/aromatic N) is 1. The van der Waals surface area contributed by atoms with Crippen molar-refractivity contribution in [3.8, 4) is 11.1 Å². The molecule has 0 saturated heterocycles. The molecule has 0 N–H and O–H groups in total. The molecule has 0 aliphatic rings. The van der Waals surface area contributed by atoms with E-state index in [4.69, 9.17) is 8.83 Å². The molecule has 8 aromatic carbocycles. The van der Waals surface area contributed by atoms with E-state index in [-0.39, 0.29) is 0 Å². The highest BCUT2D eigenvalue weighted by Crippen LogP contribution is 2.42. The molecule has 0 atom stereocenters. The van der Waals surface area contributed by atoms with Crippen molar-refractivity contribution in [2.75, 3.05) is 4.90 Å². The Kier molecular flexibility index (Phi) is 5.57. The lowest BCUT2D eigenvalue weighted by atomic mass is 10.0. The van der Waals surface area contributed by atoms with Crippen molar-refractivity contribution in [1.82, 2.24) is 0 Å². The summed E-state index contributed by atoms with van der Waals surface area (Å²) < 4.78 is 12.8. The first kappa shape index (κ1) is 26.0. The molecule has 0 radical (unpaired) electrons. The van der Waals surface area contributed by atoms with Gasteiger partial charge in [-0.3, -0.25) is 0 Å². The maximum atomic E-state index is 6.53. The van der Waals surface area contributed by atoms with Gasteiger partial charge in [0.2, 0.25) is 0 Å². The van der Waals surface area contributed by atoms with E-state index in [1.165, 1.54) is 27.3 Å². The minimum atomic E-state index is 0.864. The molecular weight excluding hydrogens is 574 g/mol. The van der Waals surface area contributed by atoms with Crippen LogP contribution in [0, 0.1) is 0 Å². The van der Waals surface area contributed by atoms with Crippen molar-refractivity contribution < 1.29 is 8.83 Å². The second-order valence-corrected chi connectivity index (χ2v) is 12.2. The summed E-state index contributed by atoms with van der Waals surface area (Å²) in [4.78, 5) is 2.32. The SMILES string of the molecule is c1ccc(-c2ccc(N(c3ccc4c(c3)oc3cc5ccccc5cc34)c3ccc4ccc5oc6ccccc6c5c4c3)cc2)cc1. The molecule has 0 spiro atoms. The number of rotatable bonds is 4. The van der Waals surface area contributed by atoms with Crippen molar-refractivity contribution in [2.24, 2.45) is 0 Å². The molecule has 0 unspecified atom stereocenters. The molecule has 10 aromatic rings. The molecule has 3 heteroatoms. The van der Waals surface area contributed by atoms with Gasteiger partial charge in [0, 0.05) is 44.7 Å². The van der Waals surface area contributed by atoms with E-state index in [1.807, 2.05) is 12.1 Å². The van der Waals surface area contributed by atoms with E-state index >= 15 is 0 Å². The largest absolute Gasteiger partial charge is 0.456 e. The van der Waals surface area contributed by atoms with Crippen LogP contribution in [0.1, 0.15) is 0 Å². The molecule has 47 heavy (non-hydrogen) atoms. The van der Waals surface area contributed by atoms with Crippen LogP contribution < -0.4 is 4.90 Å². The average molecular weight is 602 g/mol. The summed E-state index contributed by atoms with van der Waals surface area (Å²) in [7, 11) is 0. The quantitative estimate of drug-likeness (QED) is 0.201. The van der Waals surface area contributed by atoms with Crippen molar-refractivity contribution in [1.29, 1.82) is 0 Å². The number of furan rings is 2. The van der Waals surface area contributed by atoms with Crippen LogP contribution in [0.15, 0.2) is 173 Å². The maximum absolute atomic E-state index is 6.53. The monoisotopic (exact) mass is 601 g/mol. The Morgan fingerprint density at radius 2 is 0.957 bits per heavy atom. The summed E-state index contributed by atoms with van der Waals surface area (Å²) in [6, 6.07) is 57.9. The van der Waals surface area contributed by atoms with Crippen LogP contribution in [-0.4, -0.2) is 0 Å². The van der Waals surface area contributed by atoms with Crippen molar-refractivity contribution >= 4 is 82.5 Å². The summed E-state index contributed by atoms with van der Waals surface area (Å²) in [6.45, 7) is 0. The minimum Gasteiger partial charge on any atom is -0.456 e. The first-order valence-corrected chi connectivity index (χ1v) is 15.9. The molecule has 0 aliphatic heterocycles. The van der Waals surface area contributed by atoms with Gasteiger partial charge in [0.05, 0.1) is 0 Å². The summed E-state index contributed by atoms with van der Waals surface area (Å²) in [5.41, 5.74) is 9.08. The fraction of sp³-hybridized carbons (Fsp3) is 0. The van der Waals surface area contributed by atoms with Gasteiger partial charge in [-0.05, 0) is 93.3 Å². The van der Waals surface area contributed by atoms with Crippen LogP contribution in [-0.2, 0) is 0 Å². The summed E-state index contributed by atoms with van der Waals surface area (Å²) >= 11 is 0. The number of benzene rings is 8. The van der Waals surface area contributed by atoms with Gasteiger partial charge in [0.25, 0.3) is 0 Å². The van der Waals surface area contributed by atoms with Gasteiger partial charge >= 0.3 is 0 Å². The lowest BCUT2D eigenvalue weighted by molar-refractivity contribution is 0.669. The predicted molar refractivity (Wildman–Crippen MR) is 196 cm³/mol. The van der Waals surface area contributed by atoms with Crippen LogP contribution in [0.3, 0.4) is 0 Å². The van der Waals surface area contributed by atoms with Gasteiger partial charge in [-0.25, -0.2) is 0 Å². The molecule has 0 fully saturated rings. The van der Waals surface area contributed by atoms with E-state index in [9.17, 15) is 0 Å². The molecule has 0 saturated carbocycles. The summed E-state index contributed by atoms with van der Waals surface area (Å²) in [5, 5.41) is 9.22. The highest BCUT2D eigenvalue weighted by Gasteiger charge is 2.18. The van der Waals surface area contributed by atoms with Gasteiger partial charge in [-0.15, -0.1) is 0 Å². The zero-order chi connectivity index (χ0) is 30.9. The minimum absolute atomic E-state index is 0.864. The van der Waals surface area contributed by atoms with E-state index in [0.717, 1.165) is 66.3 Å². The zero-order valence-electron chi connectivity index (χ0n) is 25.4. The third kappa shape index (κ3) is 4.14. The molecule has 220 valence electrons. The maximum Gasteiger partial charge on any atom is 0.137 e. The average Bonchev–Trinajstić information content (AvgIpc) is 3.69. The van der Waals surface area contributed by atoms with Crippen molar-refractivity contribution in [3.63, 3.8) is 0 Å². The Morgan fingerprint density at radius 3 is 1.83 bits per heavy atom. The topological polar surface area (TPSA) is 29.5 Å². The second kappa shape index (κ2) is 10.1. The molecular formula is C44H27NO2. The molecule has 0 aliphatic carbocycles. The zero-order valence-corrected chi connectivity index (χ0v) is 25.4. The molecule has 0 bridgehead atoms. The Balaban J connectivity index is 1.19. The third-order valence-electron chi connectivity index (χ3n) is 9.42. The lowest BCUT2D eigenvalue weighted by Crippen LogP contribution is -2.09. The molecule has 0 amide bonds. The first-order valence-electron chi connectivity index (χ1n) is 15.9. The van der Waals surface area contributed by atoms with Crippen LogP contribution in [0.2, 0.25) is 0 Å². The highest BCUT2D eigenvalue weighted by molar-refractivity contribution is 6.19. The van der Waals surface area contributed by atoms with Gasteiger partial charge in [0.1, 0.15) is 22.3 Å². The highest BCUT2D eigenvalue weighted by atomic mass is 16.3. The van der Waals surface area contributed by atoms with Crippen molar-refractivity contribution in [3.05, 3.63) is 164 Å². The molecule has 2 aromatic heterocycles. The summed E-state index contributed by atoms with van der Waals surface area (Å²) in [6.07, 6.45) is 0. The fourth-order valence-electron chi connectivity index (χ4n) is 7.14. The standard InChI is InChI=1S/C44H27NO2/c1-2-8-28(9-3-1)29-14-18-33(19-15-29)45(34-20-16-30-17-23-41-44(38(30)26-34)37-12-6-7-13-40(37)46-41)35-21-22-36-39-24-31-10-4-5-11-32(31)25-42(39)47-43(36)27-35/h1-27H. The van der Waals surface area contributed by atoms with Crippen molar-refractivity contribution in [2.45, 2.75) is 0 Å². The smallest absolute Gasteiger partial charge is 0.137 e. The van der Waals surface area contributed by atoms with Crippen LogP contribution in [0.25, 0.3) is 76.5 Å². The van der Waals surface area contributed by atoms with Gasteiger partial charge in [-0.2, -0.15) is 0 Å².